The molecular formula is C12H14N2O3. The first-order valence-electron chi connectivity index (χ1n) is 5.59. The highest BCUT2D eigenvalue weighted by atomic mass is 16.5. The molecule has 1 N–H and O–H groups in total. The Morgan fingerprint density at radius 3 is 2.82 bits per heavy atom. The number of nitrogens with one attached hydrogen (secondary N) is 1. The Morgan fingerprint density at radius 2 is 2.24 bits per heavy atom. The lowest BCUT2D eigenvalue weighted by Gasteiger charge is -2.12. The van der Waals surface area contributed by atoms with Crippen molar-refractivity contribution in [2.45, 2.75) is 31.9 Å². The number of ether oxygens (including phenoxy) is 1. The predicted octanol–water partition coefficient (Wildman–Crippen LogP) is 0.905. The van der Waals surface area contributed by atoms with Crippen LogP contribution in [0.25, 0.3) is 0 Å². The number of pyridine rings is 1. The molecule has 5 nitrogen and oxygen atoms in total. The van der Waals surface area contributed by atoms with Crippen LogP contribution in [-0.2, 0) is 9.53 Å². The van der Waals surface area contributed by atoms with Crippen LogP contribution in [0.15, 0.2) is 24.4 Å². The number of carbonyl (C=O) groups excluding carboxylic acids is 2. The molecule has 1 aliphatic carbocycles. The number of hydrogen-bond donors (Lipinski definition) is 1. The van der Waals surface area contributed by atoms with Crippen molar-refractivity contribution in [1.82, 2.24) is 10.3 Å². The van der Waals surface area contributed by atoms with Gasteiger partial charge in [0.15, 0.2) is 6.10 Å². The summed E-state index contributed by atoms with van der Waals surface area (Å²) in [7, 11) is 0. The zero-order chi connectivity index (χ0) is 12.3. The van der Waals surface area contributed by atoms with Crippen molar-refractivity contribution in [3.63, 3.8) is 0 Å². The van der Waals surface area contributed by atoms with Crippen molar-refractivity contribution in [2.24, 2.45) is 0 Å². The average Bonchev–Trinajstić information content (AvgIpc) is 3.14. The van der Waals surface area contributed by atoms with Crippen molar-refractivity contribution in [3.8, 4) is 0 Å². The van der Waals surface area contributed by atoms with Gasteiger partial charge in [0.2, 0.25) is 0 Å². The lowest BCUT2D eigenvalue weighted by molar-refractivity contribution is -0.129. The van der Waals surface area contributed by atoms with Gasteiger partial charge in [-0.25, -0.2) is 9.78 Å². The maximum absolute atomic E-state index is 11.6. The van der Waals surface area contributed by atoms with Crippen molar-refractivity contribution in [3.05, 3.63) is 30.1 Å². The number of aromatic nitrogens is 1. The van der Waals surface area contributed by atoms with Gasteiger partial charge in [0.1, 0.15) is 5.69 Å². The zero-order valence-electron chi connectivity index (χ0n) is 9.55. The summed E-state index contributed by atoms with van der Waals surface area (Å²) >= 11 is 0. The van der Waals surface area contributed by atoms with Gasteiger partial charge < -0.3 is 10.1 Å². The maximum Gasteiger partial charge on any atom is 0.357 e. The van der Waals surface area contributed by atoms with Gasteiger partial charge in [-0.05, 0) is 31.9 Å². The van der Waals surface area contributed by atoms with Gasteiger partial charge in [0.25, 0.3) is 5.91 Å². The molecule has 5 heteroatoms. The summed E-state index contributed by atoms with van der Waals surface area (Å²) in [4.78, 5) is 27.0. The van der Waals surface area contributed by atoms with E-state index in [0.717, 1.165) is 12.8 Å². The summed E-state index contributed by atoms with van der Waals surface area (Å²) in [6.07, 6.45) is 2.73. The molecule has 1 aromatic rings. The second-order valence-electron chi connectivity index (χ2n) is 4.05. The molecule has 1 saturated carbocycles. The molecule has 1 atom stereocenters. The van der Waals surface area contributed by atoms with Crippen molar-refractivity contribution in [1.29, 1.82) is 0 Å². The fourth-order valence-corrected chi connectivity index (χ4v) is 1.30. The van der Waals surface area contributed by atoms with Crippen LogP contribution in [-0.4, -0.2) is 29.0 Å². The minimum atomic E-state index is -0.787. The first-order valence-corrected chi connectivity index (χ1v) is 5.59. The van der Waals surface area contributed by atoms with Gasteiger partial charge in [0.05, 0.1) is 0 Å². The summed E-state index contributed by atoms with van der Waals surface area (Å²) in [6, 6.07) is 5.21. The minimum Gasteiger partial charge on any atom is -0.448 e. The molecule has 90 valence electrons. The van der Waals surface area contributed by atoms with Gasteiger partial charge in [-0.15, -0.1) is 0 Å². The molecule has 1 heterocycles. The number of carbonyl (C=O) groups is 2. The number of hydrogen-bond acceptors (Lipinski definition) is 4. The van der Waals surface area contributed by atoms with Gasteiger partial charge in [-0.1, -0.05) is 6.07 Å². The van der Waals surface area contributed by atoms with Crippen LogP contribution < -0.4 is 5.32 Å². The largest absolute Gasteiger partial charge is 0.448 e. The molecule has 17 heavy (non-hydrogen) atoms. The Kier molecular flexibility index (Phi) is 3.37. The van der Waals surface area contributed by atoms with Crippen LogP contribution in [0, 0.1) is 0 Å². The Hall–Kier alpha value is -1.91. The molecule has 0 bridgehead atoms. The molecule has 0 radical (unpaired) electrons. The summed E-state index contributed by atoms with van der Waals surface area (Å²) in [5.74, 6) is -0.833. The van der Waals surface area contributed by atoms with Crippen LogP contribution in [0.3, 0.4) is 0 Å². The third kappa shape index (κ3) is 3.27. The smallest absolute Gasteiger partial charge is 0.357 e. The standard InChI is InChI=1S/C12H14N2O3/c1-8(11(15)14-9-5-6-9)17-12(16)10-4-2-3-7-13-10/h2-4,7-9H,5-6H2,1H3,(H,14,15)/t8-/m0/s1. The van der Waals surface area contributed by atoms with Crippen molar-refractivity contribution < 1.29 is 14.3 Å². The van der Waals surface area contributed by atoms with Crippen LogP contribution in [0.2, 0.25) is 0 Å². The number of rotatable bonds is 4. The van der Waals surface area contributed by atoms with Crippen LogP contribution in [0.1, 0.15) is 30.3 Å². The Labute approximate surface area is 99.2 Å². The first kappa shape index (κ1) is 11.6. The fraction of sp³-hybridized carbons (Fsp3) is 0.417. The quantitative estimate of drug-likeness (QED) is 0.786. The molecule has 1 amide bonds. The molecule has 0 aliphatic heterocycles. The maximum atomic E-state index is 11.6. The molecule has 0 aromatic carbocycles. The lowest BCUT2D eigenvalue weighted by Crippen LogP contribution is -2.37. The average molecular weight is 234 g/mol. The molecule has 0 spiro atoms. The van der Waals surface area contributed by atoms with Crippen LogP contribution >= 0.6 is 0 Å². The van der Waals surface area contributed by atoms with Gasteiger partial charge >= 0.3 is 5.97 Å². The highest BCUT2D eigenvalue weighted by molar-refractivity contribution is 5.90. The van der Waals surface area contributed by atoms with E-state index >= 15 is 0 Å². The van der Waals surface area contributed by atoms with E-state index in [1.165, 1.54) is 6.20 Å². The van der Waals surface area contributed by atoms with Crippen molar-refractivity contribution >= 4 is 11.9 Å². The fourth-order valence-electron chi connectivity index (χ4n) is 1.30. The van der Waals surface area contributed by atoms with E-state index < -0.39 is 12.1 Å². The normalized spacial score (nSPS) is 16.1. The van der Waals surface area contributed by atoms with E-state index in [0.29, 0.717) is 0 Å². The molecular weight excluding hydrogens is 220 g/mol. The zero-order valence-corrected chi connectivity index (χ0v) is 9.55. The number of amides is 1. The third-order valence-electron chi connectivity index (χ3n) is 2.45. The highest BCUT2D eigenvalue weighted by Crippen LogP contribution is 2.18. The lowest BCUT2D eigenvalue weighted by atomic mass is 10.3. The topological polar surface area (TPSA) is 68.3 Å². The number of nitrogens with zero attached hydrogens (tertiary/aromatic N) is 1. The highest BCUT2D eigenvalue weighted by Gasteiger charge is 2.27. The van der Waals surface area contributed by atoms with Crippen molar-refractivity contribution in [2.75, 3.05) is 0 Å². The van der Waals surface area contributed by atoms with E-state index in [-0.39, 0.29) is 17.6 Å². The van der Waals surface area contributed by atoms with E-state index in [9.17, 15) is 9.59 Å². The summed E-state index contributed by atoms with van der Waals surface area (Å²) < 4.78 is 5.01. The minimum absolute atomic E-state index is 0.207. The van der Waals surface area contributed by atoms with E-state index in [2.05, 4.69) is 10.3 Å². The molecule has 1 aliphatic rings. The molecule has 2 rings (SSSR count). The van der Waals surface area contributed by atoms with Gasteiger partial charge in [0, 0.05) is 12.2 Å². The summed E-state index contributed by atoms with van der Waals surface area (Å²) in [6.45, 7) is 1.55. The van der Waals surface area contributed by atoms with Crippen LogP contribution in [0.5, 0.6) is 0 Å². The summed E-state index contributed by atoms with van der Waals surface area (Å²) in [5.41, 5.74) is 0.207. The van der Waals surface area contributed by atoms with E-state index in [1.807, 2.05) is 0 Å². The monoisotopic (exact) mass is 234 g/mol. The van der Waals surface area contributed by atoms with E-state index in [4.69, 9.17) is 4.74 Å². The van der Waals surface area contributed by atoms with Crippen LogP contribution in [0.4, 0.5) is 0 Å². The van der Waals surface area contributed by atoms with Gasteiger partial charge in [-0.3, -0.25) is 4.79 Å². The Bertz CT molecular complexity index is 415. The van der Waals surface area contributed by atoms with Gasteiger partial charge in [-0.2, -0.15) is 0 Å². The SMILES string of the molecule is C[C@H](OC(=O)c1ccccn1)C(=O)NC1CC1. The second kappa shape index (κ2) is 4.95. The first-order chi connectivity index (χ1) is 8.16. The Morgan fingerprint density at radius 1 is 1.47 bits per heavy atom. The number of esters is 1. The molecule has 0 unspecified atom stereocenters. The summed E-state index contributed by atoms with van der Waals surface area (Å²) in [5, 5.41) is 2.77. The Balaban J connectivity index is 1.87. The third-order valence-corrected chi connectivity index (χ3v) is 2.45. The molecule has 0 saturated heterocycles. The van der Waals surface area contributed by atoms with E-state index in [1.54, 1.807) is 25.1 Å². The molecule has 1 fully saturated rings. The molecule has 1 aromatic heterocycles. The second-order valence-corrected chi connectivity index (χ2v) is 4.05. The predicted molar refractivity (Wildman–Crippen MR) is 60.3 cm³/mol.